The van der Waals surface area contributed by atoms with E-state index in [1.165, 1.54) is 16.7 Å². The van der Waals surface area contributed by atoms with E-state index in [2.05, 4.69) is 50.3 Å². The van der Waals surface area contributed by atoms with Gasteiger partial charge >= 0.3 is 0 Å². The van der Waals surface area contributed by atoms with Crippen molar-refractivity contribution in [2.75, 3.05) is 48.5 Å². The lowest BCUT2D eigenvalue weighted by molar-refractivity contribution is -0.923. The second-order valence-corrected chi connectivity index (χ2v) is 13.1. The summed E-state index contributed by atoms with van der Waals surface area (Å²) in [7, 11) is 9.80. The number of likely N-dealkylation sites (N-methyl/N-ethyl adjacent to an activating group) is 2. The molecule has 0 saturated carbocycles. The van der Waals surface area contributed by atoms with Crippen molar-refractivity contribution in [2.45, 2.75) is 37.8 Å². The van der Waals surface area contributed by atoms with Gasteiger partial charge < -0.3 is 46.1 Å². The lowest BCUT2D eigenvalue weighted by Gasteiger charge is -2.43. The average Bonchev–Trinajstić information content (AvgIpc) is 3.03. The molecule has 2 N–H and O–H groups in total. The second-order valence-electron chi connectivity index (χ2n) is 13.1. The van der Waals surface area contributed by atoms with E-state index in [1.54, 1.807) is 20.3 Å². The molecule has 4 aromatic carbocycles. The van der Waals surface area contributed by atoms with Crippen LogP contribution in [0.1, 0.15) is 45.5 Å². The molecule has 258 valence electrons. The summed E-state index contributed by atoms with van der Waals surface area (Å²) < 4.78 is 25.2. The molecule has 48 heavy (non-hydrogen) atoms. The van der Waals surface area contributed by atoms with Gasteiger partial charge in [-0.25, -0.2) is 0 Å². The Kier molecular flexibility index (Phi) is 11.3. The fraction of sp³-hybridized carbons (Fsp3) is 0.351. The van der Waals surface area contributed by atoms with Crippen LogP contribution in [0.5, 0.6) is 46.0 Å². The van der Waals surface area contributed by atoms with Crippen LogP contribution in [0.3, 0.4) is 0 Å². The molecule has 0 unspecified atom stereocenters. The first-order chi connectivity index (χ1) is 21.6. The number of halogens is 3. The zero-order valence-electron chi connectivity index (χ0n) is 27.8. The predicted molar refractivity (Wildman–Crippen MR) is 187 cm³/mol. The third-order valence-electron chi connectivity index (χ3n) is 9.99. The van der Waals surface area contributed by atoms with E-state index in [1.807, 2.05) is 30.3 Å². The van der Waals surface area contributed by atoms with Crippen LogP contribution in [0.4, 0.5) is 0 Å². The van der Waals surface area contributed by atoms with E-state index in [-0.39, 0.29) is 60.8 Å². The highest BCUT2D eigenvalue weighted by molar-refractivity contribution is 5.85. The molecule has 6 bridgehead atoms. The highest BCUT2D eigenvalue weighted by atomic mass is 35.5. The van der Waals surface area contributed by atoms with Crippen molar-refractivity contribution in [3.05, 3.63) is 94.0 Å². The Bertz CT molecular complexity index is 1780. The van der Waals surface area contributed by atoms with E-state index >= 15 is 0 Å². The summed E-state index contributed by atoms with van der Waals surface area (Å²) in [6, 6.07) is 19.9. The fourth-order valence-electron chi connectivity index (χ4n) is 7.27. The topological polar surface area (TPSA) is 80.6 Å². The van der Waals surface area contributed by atoms with Crippen LogP contribution in [-0.2, 0) is 25.7 Å². The zero-order chi connectivity index (χ0) is 31.5. The Hall–Kier alpha value is -3.53. The van der Waals surface area contributed by atoms with Gasteiger partial charge in [0.2, 0.25) is 5.75 Å². The summed E-state index contributed by atoms with van der Waals surface area (Å²) in [4.78, 5) is 2.38. The number of hydrogen-bond donors (Lipinski definition) is 2. The molecule has 4 aliphatic rings. The quantitative estimate of drug-likeness (QED) is 0.295. The molecule has 8 rings (SSSR count). The first kappa shape index (κ1) is 37.3. The average molecular weight is 718 g/mol. The predicted octanol–water partition coefficient (Wildman–Crippen LogP) is 4.55. The van der Waals surface area contributed by atoms with E-state index in [0.717, 1.165) is 49.0 Å². The number of ether oxygens (including phenoxy) is 4. The summed E-state index contributed by atoms with van der Waals surface area (Å²) in [5, 5.41) is 22.4. The summed E-state index contributed by atoms with van der Waals surface area (Å²) >= 11 is 0. The van der Waals surface area contributed by atoms with Crippen molar-refractivity contribution >= 4 is 24.8 Å². The summed E-state index contributed by atoms with van der Waals surface area (Å²) in [5.74, 6) is 3.14. The number of quaternary nitrogens is 1. The molecule has 4 aromatic rings. The normalized spacial score (nSPS) is 18.9. The Morgan fingerprint density at radius 2 is 1.48 bits per heavy atom. The second kappa shape index (κ2) is 14.5. The Balaban J connectivity index is 0.00000173. The smallest absolute Gasteiger partial charge is 0.201 e. The van der Waals surface area contributed by atoms with Gasteiger partial charge in [0.1, 0.15) is 11.8 Å². The van der Waals surface area contributed by atoms with Crippen molar-refractivity contribution in [3.63, 3.8) is 0 Å². The molecular weight excluding hydrogens is 675 g/mol. The largest absolute Gasteiger partial charge is 1.00 e. The number of aromatic hydroxyl groups is 2. The molecule has 0 amide bonds. The molecule has 0 fully saturated rings. The number of methoxy groups -OCH3 is 2. The van der Waals surface area contributed by atoms with Crippen LogP contribution < -0.4 is 31.4 Å². The lowest BCUT2D eigenvalue weighted by Crippen LogP contribution is -3.00. The number of nitrogens with zero attached hydrogens (tertiary/aromatic N) is 2. The van der Waals surface area contributed by atoms with Gasteiger partial charge in [-0.05, 0) is 90.2 Å². The number of phenolic OH excluding ortho intramolecular Hbond substituents is 2. The highest BCUT2D eigenvalue weighted by Crippen LogP contribution is 2.51. The maximum absolute atomic E-state index is 11.5. The number of hydrogen-bond acceptors (Lipinski definition) is 7. The molecule has 11 heteroatoms. The summed E-state index contributed by atoms with van der Waals surface area (Å²) in [6.07, 6.45) is 3.16. The molecule has 4 heterocycles. The minimum Gasteiger partial charge on any atom is -1.00 e. The van der Waals surface area contributed by atoms with E-state index in [0.29, 0.717) is 45.4 Å². The molecule has 0 aromatic heterocycles. The van der Waals surface area contributed by atoms with Gasteiger partial charge in [-0.15, -0.1) is 24.8 Å². The fourth-order valence-corrected chi connectivity index (χ4v) is 7.27. The van der Waals surface area contributed by atoms with Gasteiger partial charge in [-0.3, -0.25) is 4.90 Å². The van der Waals surface area contributed by atoms with Crippen molar-refractivity contribution in [1.82, 2.24) is 4.90 Å². The van der Waals surface area contributed by atoms with Gasteiger partial charge in [0, 0.05) is 25.4 Å². The highest BCUT2D eigenvalue weighted by Gasteiger charge is 2.41. The Morgan fingerprint density at radius 1 is 0.792 bits per heavy atom. The minimum atomic E-state index is -0.0503. The van der Waals surface area contributed by atoms with Crippen LogP contribution in [0.2, 0.25) is 0 Å². The van der Waals surface area contributed by atoms with Gasteiger partial charge in [-0.2, -0.15) is 0 Å². The molecule has 0 spiro atoms. The van der Waals surface area contributed by atoms with E-state index in [9.17, 15) is 10.2 Å². The van der Waals surface area contributed by atoms with Crippen LogP contribution >= 0.6 is 24.8 Å². The standard InChI is InChI=1S/C37H40N2O6.3ClH/c1-38-14-12-24-19-32(42-4)33-21-27(24)28(38)16-22-6-9-26(10-7-22)44-37-35-25(20-34(43-5)36(37)41)13-15-39(2,3)29(35)17-23-8-11-30(40)31(18-23)45-33;;;/h6-11,18-21,28-29H,12-17H2,1-5H3,(H-,40,41);3*1H/t28-,29+;;;/m0.../s1. The van der Waals surface area contributed by atoms with Crippen LogP contribution in [-0.4, -0.2) is 68.0 Å². The molecule has 4 aliphatic heterocycles. The number of fused-ring (bicyclic) bond motifs is 2. The number of phenols is 2. The summed E-state index contributed by atoms with van der Waals surface area (Å²) in [6.45, 7) is 1.84. The third kappa shape index (κ3) is 6.69. The SMILES string of the molecule is COc1cc2c3cc1Oc1cc(ccc1O)C[C@@H]1c4c(cc(OC)c(O)c4Oc4ccc(cc4)C[C@@H]3N(C)CC2)CC[N+]1(C)C.Cl.Cl.[Cl-]. The monoisotopic (exact) mass is 716 g/mol. The molecule has 0 aliphatic carbocycles. The molecule has 0 saturated heterocycles. The van der Waals surface area contributed by atoms with E-state index < -0.39 is 0 Å². The number of rotatable bonds is 2. The lowest BCUT2D eigenvalue weighted by atomic mass is 9.86. The summed E-state index contributed by atoms with van der Waals surface area (Å²) in [5.41, 5.74) is 6.66. The minimum absolute atomic E-state index is 0. The first-order valence-electron chi connectivity index (χ1n) is 15.6. The van der Waals surface area contributed by atoms with Crippen LogP contribution in [0.15, 0.2) is 60.7 Å². The van der Waals surface area contributed by atoms with Crippen molar-refractivity contribution in [3.8, 4) is 46.0 Å². The maximum atomic E-state index is 11.5. The van der Waals surface area contributed by atoms with Crippen LogP contribution in [0, 0.1) is 0 Å². The maximum Gasteiger partial charge on any atom is 0.201 e. The van der Waals surface area contributed by atoms with Gasteiger partial charge in [0.15, 0.2) is 34.5 Å². The van der Waals surface area contributed by atoms with E-state index in [4.69, 9.17) is 18.9 Å². The van der Waals surface area contributed by atoms with Gasteiger partial charge in [0.05, 0.1) is 40.4 Å². The van der Waals surface area contributed by atoms with Crippen LogP contribution in [0.25, 0.3) is 0 Å². The molecular formula is C37H43Cl3N2O6. The third-order valence-corrected chi connectivity index (χ3v) is 9.99. The zero-order valence-corrected chi connectivity index (χ0v) is 30.2. The van der Waals surface area contributed by atoms with Gasteiger partial charge in [0.25, 0.3) is 0 Å². The Morgan fingerprint density at radius 3 is 2.19 bits per heavy atom. The molecule has 8 nitrogen and oxygen atoms in total. The molecule has 0 radical (unpaired) electrons. The first-order valence-corrected chi connectivity index (χ1v) is 15.6. The Labute approximate surface area is 301 Å². The number of benzene rings is 4. The van der Waals surface area contributed by atoms with Crippen molar-refractivity contribution in [2.24, 2.45) is 0 Å². The van der Waals surface area contributed by atoms with Crippen molar-refractivity contribution in [1.29, 1.82) is 0 Å². The van der Waals surface area contributed by atoms with Crippen molar-refractivity contribution < 1.29 is 46.1 Å². The molecule has 2 atom stereocenters. The van der Waals surface area contributed by atoms with Gasteiger partial charge in [-0.1, -0.05) is 18.2 Å².